The van der Waals surface area contributed by atoms with Crippen LogP contribution in [0.4, 0.5) is 0 Å². The van der Waals surface area contributed by atoms with Gasteiger partial charge in [-0.05, 0) is 29.7 Å². The third-order valence-electron chi connectivity index (χ3n) is 3.48. The summed E-state index contributed by atoms with van der Waals surface area (Å²) in [6, 6.07) is 5.47. The second-order valence-electron chi connectivity index (χ2n) is 5.16. The van der Waals surface area contributed by atoms with Crippen molar-refractivity contribution in [3.63, 3.8) is 0 Å². The summed E-state index contributed by atoms with van der Waals surface area (Å²) >= 11 is 3.33. The number of benzene rings is 1. The molecule has 1 aliphatic heterocycles. The third-order valence-corrected chi connectivity index (χ3v) is 6.07. The van der Waals surface area contributed by atoms with Crippen molar-refractivity contribution in [3.8, 4) is 0 Å². The topological polar surface area (TPSA) is 91.8 Å². The summed E-state index contributed by atoms with van der Waals surface area (Å²) in [6.07, 6.45) is 1.61. The second kappa shape index (κ2) is 5.96. The lowest BCUT2D eigenvalue weighted by Gasteiger charge is -2.22. The zero-order valence-corrected chi connectivity index (χ0v) is 14.6. The highest BCUT2D eigenvalue weighted by Gasteiger charge is 2.30. The molecule has 21 heavy (non-hydrogen) atoms. The molecule has 0 saturated heterocycles. The summed E-state index contributed by atoms with van der Waals surface area (Å²) in [7, 11) is -7.62. The molecule has 0 saturated carbocycles. The fraction of sp³-hybridized carbons (Fsp3) is 0.500. The Hall–Kier alpha value is -0.480. The van der Waals surface area contributed by atoms with Crippen LogP contribution in [0, 0.1) is 0 Å². The van der Waals surface area contributed by atoms with E-state index in [1.165, 1.54) is 4.31 Å². The second-order valence-corrected chi connectivity index (χ2v) is 9.55. The molecule has 1 heterocycles. The van der Waals surface area contributed by atoms with Crippen LogP contribution in [0.25, 0.3) is 0 Å². The van der Waals surface area contributed by atoms with E-state index in [1.54, 1.807) is 6.07 Å². The smallest absolute Gasteiger partial charge is 0.265 e. The average Bonchev–Trinajstić information content (AvgIpc) is 2.47. The first-order valence-corrected chi connectivity index (χ1v) is 10.5. The monoisotopic (exact) mass is 397 g/mol. The molecule has 0 fully saturated rings. The molecule has 0 bridgehead atoms. The molecule has 1 N–H and O–H groups in total. The Balaban J connectivity index is 2.47. The van der Waals surface area contributed by atoms with E-state index in [-0.39, 0.29) is 6.54 Å². The van der Waals surface area contributed by atoms with Crippen molar-refractivity contribution in [1.82, 2.24) is 4.31 Å². The molecule has 0 spiro atoms. The predicted molar refractivity (Wildman–Crippen MR) is 83.4 cm³/mol. The van der Waals surface area contributed by atoms with E-state index in [9.17, 15) is 16.8 Å². The SMILES string of the molecule is CS(=O)(=O)N1CCc2ccc(Br)cc2C(CS(=O)(=O)O)C1. The first kappa shape index (κ1) is 16.9. The van der Waals surface area contributed by atoms with Crippen LogP contribution in [-0.2, 0) is 26.6 Å². The molecule has 0 radical (unpaired) electrons. The molecule has 6 nitrogen and oxygen atoms in total. The van der Waals surface area contributed by atoms with Crippen molar-refractivity contribution >= 4 is 36.1 Å². The van der Waals surface area contributed by atoms with Gasteiger partial charge in [0.25, 0.3) is 10.1 Å². The Morgan fingerprint density at radius 3 is 2.57 bits per heavy atom. The van der Waals surface area contributed by atoms with Gasteiger partial charge in [-0.2, -0.15) is 8.42 Å². The van der Waals surface area contributed by atoms with Crippen molar-refractivity contribution in [2.75, 3.05) is 25.1 Å². The van der Waals surface area contributed by atoms with Gasteiger partial charge in [0.2, 0.25) is 10.0 Å². The number of hydrogen-bond donors (Lipinski definition) is 1. The highest BCUT2D eigenvalue weighted by molar-refractivity contribution is 9.10. The highest BCUT2D eigenvalue weighted by atomic mass is 79.9. The first-order chi connectivity index (χ1) is 9.56. The molecule has 0 aromatic heterocycles. The van der Waals surface area contributed by atoms with E-state index in [1.807, 2.05) is 12.1 Å². The average molecular weight is 398 g/mol. The van der Waals surface area contributed by atoms with E-state index >= 15 is 0 Å². The molecule has 2 rings (SSSR count). The van der Waals surface area contributed by atoms with Crippen molar-refractivity contribution in [1.29, 1.82) is 0 Å². The maximum Gasteiger partial charge on any atom is 0.265 e. The lowest BCUT2D eigenvalue weighted by molar-refractivity contribution is 0.403. The predicted octanol–water partition coefficient (Wildman–Crippen LogP) is 1.24. The first-order valence-electron chi connectivity index (χ1n) is 6.25. The minimum atomic E-state index is -4.20. The van der Waals surface area contributed by atoms with Crippen LogP contribution >= 0.6 is 15.9 Å². The summed E-state index contributed by atoms with van der Waals surface area (Å²) in [5, 5.41) is 0. The van der Waals surface area contributed by atoms with Gasteiger partial charge in [0.05, 0.1) is 12.0 Å². The Morgan fingerprint density at radius 2 is 2.00 bits per heavy atom. The third kappa shape index (κ3) is 4.49. The summed E-state index contributed by atoms with van der Waals surface area (Å²) in [6.45, 7) is 0.345. The molecular formula is C12H16BrNO5S2. The normalized spacial score (nSPS) is 20.8. The van der Waals surface area contributed by atoms with Crippen LogP contribution in [0.1, 0.15) is 17.0 Å². The molecule has 118 valence electrons. The molecule has 1 aromatic carbocycles. The Bertz CT molecular complexity index is 745. The number of hydrogen-bond acceptors (Lipinski definition) is 4. The van der Waals surface area contributed by atoms with Crippen LogP contribution < -0.4 is 0 Å². The number of rotatable bonds is 3. The number of fused-ring (bicyclic) bond motifs is 1. The molecule has 9 heteroatoms. The Kier molecular flexibility index (Phi) is 4.79. The van der Waals surface area contributed by atoms with E-state index in [0.717, 1.165) is 21.9 Å². The van der Waals surface area contributed by atoms with Gasteiger partial charge < -0.3 is 0 Å². The van der Waals surface area contributed by atoms with Crippen LogP contribution in [0.3, 0.4) is 0 Å². The summed E-state index contributed by atoms with van der Waals surface area (Å²) in [4.78, 5) is 0. The van der Waals surface area contributed by atoms with Gasteiger partial charge in [-0.25, -0.2) is 12.7 Å². The summed E-state index contributed by atoms with van der Waals surface area (Å²) < 4.78 is 57.2. The summed E-state index contributed by atoms with van der Waals surface area (Å²) in [5.74, 6) is -1.09. The van der Waals surface area contributed by atoms with E-state index in [0.29, 0.717) is 13.0 Å². The standard InChI is InChI=1S/C12H16BrNO5S2/c1-20(15,16)14-5-4-9-2-3-11(13)6-12(9)10(7-14)8-21(17,18)19/h2-3,6,10H,4-5,7-8H2,1H3,(H,17,18,19). The zero-order valence-electron chi connectivity index (χ0n) is 11.4. The zero-order chi connectivity index (χ0) is 15.8. The fourth-order valence-corrected chi connectivity index (χ4v) is 4.60. The molecular weight excluding hydrogens is 382 g/mol. The lowest BCUT2D eigenvalue weighted by atomic mass is 9.95. The maximum atomic E-state index is 11.8. The van der Waals surface area contributed by atoms with Crippen LogP contribution in [-0.4, -0.2) is 50.8 Å². The van der Waals surface area contributed by atoms with Gasteiger partial charge in [0, 0.05) is 23.5 Å². The minimum Gasteiger partial charge on any atom is -0.286 e. The van der Waals surface area contributed by atoms with Crippen LogP contribution in [0.2, 0.25) is 0 Å². The number of sulfonamides is 1. The van der Waals surface area contributed by atoms with Gasteiger partial charge in [0.1, 0.15) is 0 Å². The van der Waals surface area contributed by atoms with Crippen molar-refractivity contribution in [2.45, 2.75) is 12.3 Å². The van der Waals surface area contributed by atoms with E-state index < -0.39 is 31.8 Å². The molecule has 1 unspecified atom stereocenters. The maximum absolute atomic E-state index is 11.8. The minimum absolute atomic E-state index is 0.0437. The lowest BCUT2D eigenvalue weighted by Crippen LogP contribution is -2.35. The Morgan fingerprint density at radius 1 is 1.33 bits per heavy atom. The quantitative estimate of drug-likeness (QED) is 0.774. The van der Waals surface area contributed by atoms with Crippen LogP contribution in [0.5, 0.6) is 0 Å². The van der Waals surface area contributed by atoms with E-state index in [4.69, 9.17) is 4.55 Å². The van der Waals surface area contributed by atoms with Gasteiger partial charge >= 0.3 is 0 Å². The molecule has 0 amide bonds. The van der Waals surface area contributed by atoms with Gasteiger partial charge in [0.15, 0.2) is 0 Å². The largest absolute Gasteiger partial charge is 0.286 e. The van der Waals surface area contributed by atoms with E-state index in [2.05, 4.69) is 15.9 Å². The Labute approximate surface area is 133 Å². The van der Waals surface area contributed by atoms with Crippen molar-refractivity contribution in [3.05, 3.63) is 33.8 Å². The van der Waals surface area contributed by atoms with Gasteiger partial charge in [-0.3, -0.25) is 4.55 Å². The van der Waals surface area contributed by atoms with Crippen molar-refractivity contribution < 1.29 is 21.4 Å². The van der Waals surface area contributed by atoms with Gasteiger partial charge in [-0.1, -0.05) is 22.0 Å². The molecule has 0 aliphatic carbocycles. The molecule has 1 aromatic rings. The molecule has 1 atom stereocenters. The number of halogens is 1. The highest BCUT2D eigenvalue weighted by Crippen LogP contribution is 2.30. The van der Waals surface area contributed by atoms with Gasteiger partial charge in [-0.15, -0.1) is 0 Å². The van der Waals surface area contributed by atoms with Crippen molar-refractivity contribution in [2.24, 2.45) is 0 Å². The summed E-state index contributed by atoms with van der Waals surface area (Å²) in [5.41, 5.74) is 1.66. The number of nitrogens with zero attached hydrogens (tertiary/aromatic N) is 1. The van der Waals surface area contributed by atoms with Crippen LogP contribution in [0.15, 0.2) is 22.7 Å². The molecule has 1 aliphatic rings. The fourth-order valence-electron chi connectivity index (χ4n) is 2.55.